The second-order valence-corrected chi connectivity index (χ2v) is 22.1. The molecule has 4 fully saturated rings. The number of oxime groups is 1. The summed E-state index contributed by atoms with van der Waals surface area (Å²) in [6.45, 7) is 25.1. The first-order valence-electron chi connectivity index (χ1n) is 26.6. The molecule has 0 amide bonds. The lowest BCUT2D eigenvalue weighted by molar-refractivity contribution is -0.305. The van der Waals surface area contributed by atoms with Crippen molar-refractivity contribution >= 4 is 29.4 Å². The Balaban J connectivity index is 1.95. The molecule has 0 aliphatic carbocycles. The van der Waals surface area contributed by atoms with Gasteiger partial charge in [0.1, 0.15) is 43.7 Å². The van der Waals surface area contributed by atoms with Gasteiger partial charge in [-0.15, -0.1) is 0 Å². The van der Waals surface area contributed by atoms with Crippen LogP contribution >= 0.6 is 0 Å². The van der Waals surface area contributed by atoms with E-state index in [0.29, 0.717) is 19.5 Å². The Hall–Kier alpha value is -2.93. The van der Waals surface area contributed by atoms with Crippen LogP contribution in [0.2, 0.25) is 0 Å². The van der Waals surface area contributed by atoms with Crippen molar-refractivity contribution in [3.05, 3.63) is 0 Å². The van der Waals surface area contributed by atoms with Crippen molar-refractivity contribution < 1.29 is 91.4 Å². The molecule has 0 aromatic carbocycles. The molecule has 22 atom stereocenters. The van der Waals surface area contributed by atoms with Gasteiger partial charge in [-0.2, -0.15) is 0 Å². The fourth-order valence-corrected chi connectivity index (χ4v) is 11.4. The highest BCUT2D eigenvalue weighted by molar-refractivity contribution is 5.91. The number of ether oxygens (including phenoxy) is 11. The van der Waals surface area contributed by atoms with Gasteiger partial charge in [-0.05, 0) is 59.8 Å². The second-order valence-electron chi connectivity index (χ2n) is 22.1. The topological polar surface area (TPSA) is 255 Å². The summed E-state index contributed by atoms with van der Waals surface area (Å²) < 4.78 is 69.6. The first-order chi connectivity index (χ1) is 34.7. The Morgan fingerprint density at radius 3 is 2.08 bits per heavy atom. The van der Waals surface area contributed by atoms with E-state index in [1.54, 1.807) is 41.5 Å². The molecule has 0 aromatic heterocycles. The predicted molar refractivity (Wildman–Crippen MR) is 268 cm³/mol. The van der Waals surface area contributed by atoms with Gasteiger partial charge in [-0.3, -0.25) is 24.1 Å². The maximum atomic E-state index is 15.4. The lowest BCUT2D eigenvalue weighted by atomic mass is 9.74. The van der Waals surface area contributed by atoms with Crippen LogP contribution in [-0.2, 0) is 76.1 Å². The van der Waals surface area contributed by atoms with Crippen LogP contribution in [0.5, 0.6) is 0 Å². The van der Waals surface area contributed by atoms with E-state index in [1.807, 2.05) is 41.5 Å². The van der Waals surface area contributed by atoms with Crippen molar-refractivity contribution in [2.45, 2.75) is 220 Å². The molecule has 4 saturated heterocycles. The van der Waals surface area contributed by atoms with Gasteiger partial charge in [0.25, 0.3) is 0 Å². The first-order valence-corrected chi connectivity index (χ1v) is 26.6. The summed E-state index contributed by atoms with van der Waals surface area (Å²) in [4.78, 5) is 64.9. The Labute approximate surface area is 439 Å². The van der Waals surface area contributed by atoms with E-state index >= 15 is 9.59 Å². The molecule has 428 valence electrons. The predicted octanol–water partition coefficient (Wildman–Crippen LogP) is 4.21. The van der Waals surface area contributed by atoms with Crippen LogP contribution in [-0.4, -0.2) is 195 Å². The Bertz CT molecular complexity index is 1820. The van der Waals surface area contributed by atoms with Gasteiger partial charge < -0.3 is 72.3 Å². The number of carbonyl (C=O) groups is 4. The van der Waals surface area contributed by atoms with Crippen LogP contribution in [0, 0.1) is 41.4 Å². The molecule has 4 aliphatic heterocycles. The molecule has 21 nitrogen and oxygen atoms in total. The minimum absolute atomic E-state index is 0.0172. The summed E-state index contributed by atoms with van der Waals surface area (Å²) in [5.74, 6) is -8.01. The number of Topliss-reactive ketones (excluding diaryl/α,β-unsaturated/α-hetero) is 1. The third kappa shape index (κ3) is 16.3. The van der Waals surface area contributed by atoms with E-state index < -0.39 is 145 Å². The third-order valence-corrected chi connectivity index (χ3v) is 15.2. The number of carbonyl (C=O) groups excluding carboxylic acids is 4. The zero-order chi connectivity index (χ0) is 55.5. The van der Waals surface area contributed by atoms with Crippen molar-refractivity contribution in [3.63, 3.8) is 0 Å². The molecular weight excluding hydrogens is 969 g/mol. The summed E-state index contributed by atoms with van der Waals surface area (Å²) in [7, 11) is 4.27. The largest absolute Gasteiger partial charge is 0.461 e. The number of rotatable bonds is 17. The minimum atomic E-state index is -1.86. The Morgan fingerprint density at radius 2 is 1.49 bits per heavy atom. The molecule has 4 aliphatic rings. The van der Waals surface area contributed by atoms with Gasteiger partial charge in [0, 0.05) is 77.3 Å². The maximum Gasteiger partial charge on any atom is 0.311 e. The highest BCUT2D eigenvalue weighted by Gasteiger charge is 2.52. The van der Waals surface area contributed by atoms with Crippen molar-refractivity contribution in [1.29, 1.82) is 0 Å². The molecule has 4 heterocycles. The van der Waals surface area contributed by atoms with Crippen LogP contribution in [0.15, 0.2) is 5.16 Å². The number of aliphatic hydroxyl groups excluding tert-OH is 3. The number of β-amino-alcohol motifs (C(OH)–C–C–N with tert-alkyl or cyclic N) is 1. The summed E-state index contributed by atoms with van der Waals surface area (Å²) in [6, 6.07) is -0.111. The zero-order valence-electron chi connectivity index (χ0n) is 47.1. The molecule has 0 bridgehead atoms. The van der Waals surface area contributed by atoms with E-state index in [-0.39, 0.29) is 56.3 Å². The van der Waals surface area contributed by atoms with Crippen LogP contribution in [0.1, 0.15) is 123 Å². The minimum Gasteiger partial charge on any atom is -0.461 e. The molecule has 0 unspecified atom stereocenters. The number of hydrogen-bond donors (Lipinski definition) is 3. The summed E-state index contributed by atoms with van der Waals surface area (Å²) >= 11 is 0. The summed E-state index contributed by atoms with van der Waals surface area (Å²) in [6.07, 6.45) is -12.7. The van der Waals surface area contributed by atoms with Gasteiger partial charge >= 0.3 is 17.9 Å². The van der Waals surface area contributed by atoms with Crippen LogP contribution in [0.25, 0.3) is 0 Å². The second kappa shape index (κ2) is 28.6. The van der Waals surface area contributed by atoms with Crippen LogP contribution < -0.4 is 0 Å². The van der Waals surface area contributed by atoms with Crippen molar-refractivity contribution in [1.82, 2.24) is 4.90 Å². The average Bonchev–Trinajstić information content (AvgIpc) is 3.45. The van der Waals surface area contributed by atoms with E-state index in [4.69, 9.17) is 56.9 Å². The van der Waals surface area contributed by atoms with Crippen molar-refractivity contribution in [2.24, 2.45) is 46.6 Å². The lowest BCUT2D eigenvalue weighted by Crippen LogP contribution is -2.59. The number of esters is 3. The van der Waals surface area contributed by atoms with Gasteiger partial charge in [-0.25, -0.2) is 0 Å². The number of ketones is 1. The number of hydrogen-bond acceptors (Lipinski definition) is 21. The number of nitrogens with zero attached hydrogens (tertiary/aromatic N) is 2. The van der Waals surface area contributed by atoms with Crippen molar-refractivity contribution in [3.8, 4) is 0 Å². The number of methoxy groups -OCH3 is 2. The third-order valence-electron chi connectivity index (χ3n) is 15.2. The Morgan fingerprint density at radius 1 is 0.824 bits per heavy atom. The van der Waals surface area contributed by atoms with Gasteiger partial charge in [-0.1, -0.05) is 53.6 Å². The standard InChI is InChI=1S/C53H92N2O19/c1-26(2)20-39(58)70-45-33(9)44(28(4)25-66-52-48(64-16)47(63-15)41(59)36(12)69-52)72-50(62)35(11)46(71-40-21-29(5)55(18-19-56)24-31(7)67-40)32(8)43(73-51-42(60)38(54-65-17)22-30(6)68-51)27(3)23-53(14,74-37(13)57)49(61)34(45)10/h26-36,40-48,51-52,56,59-60H,18-25H2,1-17H3/b54-38+/t27-,28-,29-,30+,31-,32+,33-,34+,35+,36+,40-,41+,42+,43-,44+,45+,46-,47+,48+,51-,52+,53-/m0/s1. The molecule has 0 radical (unpaired) electrons. The van der Waals surface area contributed by atoms with Gasteiger partial charge in [0.15, 0.2) is 30.3 Å². The molecule has 0 spiro atoms. The number of aliphatic hydroxyl groups is 3. The number of cyclic esters (lactones) is 1. The highest BCUT2D eigenvalue weighted by Crippen LogP contribution is 2.40. The fraction of sp³-hybridized carbons (Fsp3) is 0.906. The van der Waals surface area contributed by atoms with E-state index in [9.17, 15) is 24.9 Å². The fourth-order valence-electron chi connectivity index (χ4n) is 11.4. The van der Waals surface area contributed by atoms with E-state index in [0.717, 1.165) is 0 Å². The quantitative estimate of drug-likeness (QED) is 0.105. The van der Waals surface area contributed by atoms with E-state index in [2.05, 4.69) is 10.1 Å². The van der Waals surface area contributed by atoms with Crippen LogP contribution in [0.3, 0.4) is 0 Å². The zero-order valence-corrected chi connectivity index (χ0v) is 47.1. The molecule has 0 saturated carbocycles. The smallest absolute Gasteiger partial charge is 0.311 e. The Kier molecular flexibility index (Phi) is 24.6. The molecule has 4 rings (SSSR count). The van der Waals surface area contributed by atoms with Gasteiger partial charge in [0.05, 0.1) is 61.3 Å². The van der Waals surface area contributed by atoms with Crippen molar-refractivity contribution in [2.75, 3.05) is 47.6 Å². The SMILES string of the molecule is CO/N=C1\C[C@@H](C)O[C@@H](O[C@@H]2[C@@H](C)[C@H](O[C@H]3C[C@H](C)N(CCO)C[C@H](C)O3)[C@@H](C)C(=O)O[C@H]([C@@H](C)CO[C@@H]3O[C@H](C)[C@@H](O)[C@@H](OC)[C@H]3OC)[C@H](C)[C@@H](OC(=O)CC(C)C)[C@@H](C)C(=O)[C@@](C)(OC(C)=O)C[C@@H]2C)[C@@H]1O. The normalized spacial score (nSPS) is 41.4. The summed E-state index contributed by atoms with van der Waals surface area (Å²) in [5, 5.41) is 36.6. The summed E-state index contributed by atoms with van der Waals surface area (Å²) in [5.41, 5.74) is -1.57. The molecular formula is C53H92N2O19. The highest BCUT2D eigenvalue weighted by atomic mass is 16.7. The van der Waals surface area contributed by atoms with Gasteiger partial charge in [0.2, 0.25) is 0 Å². The molecule has 74 heavy (non-hydrogen) atoms. The lowest BCUT2D eigenvalue weighted by Gasteiger charge is -2.45. The first kappa shape index (κ1) is 63.6. The molecule has 3 N–H and O–H groups in total. The average molecular weight is 1060 g/mol. The maximum absolute atomic E-state index is 15.4. The monoisotopic (exact) mass is 1060 g/mol. The molecule has 0 aromatic rings. The molecule has 21 heteroatoms. The van der Waals surface area contributed by atoms with Crippen LogP contribution in [0.4, 0.5) is 0 Å². The van der Waals surface area contributed by atoms with E-state index in [1.165, 1.54) is 35.2 Å².